The summed E-state index contributed by atoms with van der Waals surface area (Å²) in [4.78, 5) is 24.3. The molecule has 7 nitrogen and oxygen atoms in total. The standard InChI is InChI=1S/C23H43N5O2.HI/c1-6-26-12-9-19(16-26)15-25-21(24-5)27-13-10-20(11-14-27)28(17-18-7-8-18)22(29)30-23(2,3)4;/h18-20H,6-17H2,1-5H3,(H,24,25);1H. The number of rotatable bonds is 6. The van der Waals surface area contributed by atoms with Gasteiger partial charge >= 0.3 is 6.09 Å². The number of carbonyl (C=O) groups is 1. The van der Waals surface area contributed by atoms with Crippen LogP contribution in [0.5, 0.6) is 0 Å². The van der Waals surface area contributed by atoms with Crippen LogP contribution in [0.15, 0.2) is 4.99 Å². The second-order valence-electron chi connectivity index (χ2n) is 10.3. The quantitative estimate of drug-likeness (QED) is 0.312. The maximum absolute atomic E-state index is 12.8. The second kappa shape index (κ2) is 11.9. The molecule has 0 aromatic rings. The minimum Gasteiger partial charge on any atom is -0.444 e. The number of guanidine groups is 1. The first kappa shape index (κ1) is 26.5. The molecule has 180 valence electrons. The largest absolute Gasteiger partial charge is 0.444 e. The molecule has 1 atom stereocenters. The van der Waals surface area contributed by atoms with E-state index in [0.29, 0.717) is 11.8 Å². The van der Waals surface area contributed by atoms with E-state index < -0.39 is 5.60 Å². The van der Waals surface area contributed by atoms with Crippen LogP contribution >= 0.6 is 24.0 Å². The van der Waals surface area contributed by atoms with Crippen molar-refractivity contribution in [1.82, 2.24) is 20.0 Å². The highest BCUT2D eigenvalue weighted by Crippen LogP contribution is 2.32. The molecule has 2 heterocycles. The number of piperidine rings is 1. The van der Waals surface area contributed by atoms with Gasteiger partial charge in [0, 0.05) is 45.8 Å². The summed E-state index contributed by atoms with van der Waals surface area (Å²) in [5.41, 5.74) is -0.445. The first-order chi connectivity index (χ1) is 14.3. The average molecular weight is 550 g/mol. The van der Waals surface area contributed by atoms with E-state index in [4.69, 9.17) is 4.74 Å². The van der Waals surface area contributed by atoms with E-state index in [2.05, 4.69) is 27.0 Å². The molecule has 3 aliphatic rings. The maximum atomic E-state index is 12.8. The predicted molar refractivity (Wildman–Crippen MR) is 137 cm³/mol. The van der Waals surface area contributed by atoms with Crippen LogP contribution in [0.4, 0.5) is 4.79 Å². The molecular formula is C23H44IN5O2. The zero-order valence-corrected chi connectivity index (χ0v) is 22.6. The highest BCUT2D eigenvalue weighted by atomic mass is 127. The molecule has 3 fully saturated rings. The summed E-state index contributed by atoms with van der Waals surface area (Å²) in [7, 11) is 1.88. The van der Waals surface area contributed by atoms with Gasteiger partial charge in [-0.25, -0.2) is 4.79 Å². The van der Waals surface area contributed by atoms with Crippen molar-refractivity contribution in [3.8, 4) is 0 Å². The van der Waals surface area contributed by atoms with E-state index in [0.717, 1.165) is 51.5 Å². The van der Waals surface area contributed by atoms with Crippen molar-refractivity contribution in [2.24, 2.45) is 16.8 Å². The lowest BCUT2D eigenvalue weighted by Gasteiger charge is -2.40. The van der Waals surface area contributed by atoms with Gasteiger partial charge in [0.15, 0.2) is 5.96 Å². The first-order valence-electron chi connectivity index (χ1n) is 12.0. The number of likely N-dealkylation sites (tertiary alicyclic amines) is 2. The summed E-state index contributed by atoms with van der Waals surface area (Å²) >= 11 is 0. The van der Waals surface area contributed by atoms with Crippen molar-refractivity contribution in [2.75, 3.05) is 52.9 Å². The van der Waals surface area contributed by atoms with E-state index in [1.807, 2.05) is 32.7 Å². The Morgan fingerprint density at radius 1 is 1.10 bits per heavy atom. The van der Waals surface area contributed by atoms with Crippen LogP contribution < -0.4 is 5.32 Å². The zero-order chi connectivity index (χ0) is 21.7. The number of nitrogens with zero attached hydrogens (tertiary/aromatic N) is 4. The molecule has 0 aromatic carbocycles. The molecule has 2 saturated heterocycles. The summed E-state index contributed by atoms with van der Waals surface area (Å²) in [6.07, 6.45) is 5.55. The fourth-order valence-electron chi connectivity index (χ4n) is 4.60. The molecule has 0 bridgehead atoms. The molecule has 0 aromatic heterocycles. The van der Waals surface area contributed by atoms with Crippen LogP contribution in [0, 0.1) is 11.8 Å². The summed E-state index contributed by atoms with van der Waals surface area (Å²) in [6, 6.07) is 0.266. The lowest BCUT2D eigenvalue weighted by Crippen LogP contribution is -2.53. The third-order valence-corrected chi connectivity index (χ3v) is 6.56. The Kier molecular flexibility index (Phi) is 10.2. The molecule has 1 amide bonds. The van der Waals surface area contributed by atoms with Crippen LogP contribution in [0.2, 0.25) is 0 Å². The van der Waals surface area contributed by atoms with Crippen LogP contribution in [0.1, 0.15) is 59.8 Å². The Labute approximate surface area is 206 Å². The van der Waals surface area contributed by atoms with Gasteiger partial charge in [0.05, 0.1) is 0 Å². The number of carbonyl (C=O) groups excluding carboxylic acids is 1. The number of hydrogen-bond donors (Lipinski definition) is 1. The molecule has 2 aliphatic heterocycles. The highest BCUT2D eigenvalue weighted by molar-refractivity contribution is 14.0. The Balaban J connectivity index is 0.00000341. The molecule has 0 spiro atoms. The van der Waals surface area contributed by atoms with Gasteiger partial charge in [-0.15, -0.1) is 24.0 Å². The third kappa shape index (κ3) is 8.26. The molecule has 8 heteroatoms. The van der Waals surface area contributed by atoms with Crippen LogP contribution in [-0.2, 0) is 4.74 Å². The monoisotopic (exact) mass is 549 g/mol. The van der Waals surface area contributed by atoms with E-state index in [9.17, 15) is 4.79 Å². The molecule has 1 unspecified atom stereocenters. The fraction of sp³-hybridized carbons (Fsp3) is 0.913. The van der Waals surface area contributed by atoms with Crippen molar-refractivity contribution < 1.29 is 9.53 Å². The number of amides is 1. The topological polar surface area (TPSA) is 60.4 Å². The summed E-state index contributed by atoms with van der Waals surface area (Å²) < 4.78 is 5.72. The number of aliphatic imine (C=N–C) groups is 1. The number of nitrogens with one attached hydrogen (secondary N) is 1. The Morgan fingerprint density at radius 2 is 1.77 bits per heavy atom. The normalized spacial score (nSPS) is 23.5. The number of halogens is 1. The fourth-order valence-corrected chi connectivity index (χ4v) is 4.60. The van der Waals surface area contributed by atoms with Crippen molar-refractivity contribution in [1.29, 1.82) is 0 Å². The van der Waals surface area contributed by atoms with Gasteiger partial charge in [0.1, 0.15) is 5.60 Å². The minimum atomic E-state index is -0.445. The van der Waals surface area contributed by atoms with Crippen LogP contribution in [-0.4, -0.2) is 91.3 Å². The van der Waals surface area contributed by atoms with Crippen molar-refractivity contribution >= 4 is 36.0 Å². The maximum Gasteiger partial charge on any atom is 0.410 e. The van der Waals surface area contributed by atoms with Gasteiger partial charge in [-0.1, -0.05) is 6.92 Å². The summed E-state index contributed by atoms with van der Waals surface area (Å²) in [6.45, 7) is 15.3. The van der Waals surface area contributed by atoms with Crippen LogP contribution in [0.25, 0.3) is 0 Å². The molecule has 1 aliphatic carbocycles. The van der Waals surface area contributed by atoms with Gasteiger partial charge in [-0.2, -0.15) is 0 Å². The van der Waals surface area contributed by atoms with E-state index in [-0.39, 0.29) is 36.1 Å². The SMILES string of the molecule is CCN1CCC(CNC(=NC)N2CCC(N(CC3CC3)C(=O)OC(C)(C)C)CC2)C1.I. The Bertz CT molecular complexity index is 597. The van der Waals surface area contributed by atoms with Gasteiger partial charge in [-0.05, 0) is 77.8 Å². The lowest BCUT2D eigenvalue weighted by atomic mass is 10.0. The zero-order valence-electron chi connectivity index (χ0n) is 20.2. The van der Waals surface area contributed by atoms with Gasteiger partial charge in [0.25, 0.3) is 0 Å². The second-order valence-corrected chi connectivity index (χ2v) is 10.3. The lowest BCUT2D eigenvalue weighted by molar-refractivity contribution is 0.00928. The van der Waals surface area contributed by atoms with Crippen molar-refractivity contribution in [2.45, 2.75) is 71.4 Å². The van der Waals surface area contributed by atoms with Crippen LogP contribution in [0.3, 0.4) is 0 Å². The molecule has 1 N–H and O–H groups in total. The van der Waals surface area contributed by atoms with Gasteiger partial charge in [0.2, 0.25) is 0 Å². The van der Waals surface area contributed by atoms with Gasteiger partial charge in [-0.3, -0.25) is 4.99 Å². The Morgan fingerprint density at radius 3 is 2.29 bits per heavy atom. The van der Waals surface area contributed by atoms with Gasteiger partial charge < -0.3 is 24.8 Å². The number of ether oxygens (including phenoxy) is 1. The minimum absolute atomic E-state index is 0. The molecular weight excluding hydrogens is 505 g/mol. The van der Waals surface area contributed by atoms with Crippen molar-refractivity contribution in [3.63, 3.8) is 0 Å². The summed E-state index contributed by atoms with van der Waals surface area (Å²) in [5.74, 6) is 2.38. The van der Waals surface area contributed by atoms with E-state index >= 15 is 0 Å². The first-order valence-corrected chi connectivity index (χ1v) is 12.0. The summed E-state index contributed by atoms with van der Waals surface area (Å²) in [5, 5.41) is 3.61. The average Bonchev–Trinajstić information content (AvgIpc) is 3.41. The molecule has 31 heavy (non-hydrogen) atoms. The van der Waals surface area contributed by atoms with E-state index in [1.54, 1.807) is 0 Å². The number of hydrogen-bond acceptors (Lipinski definition) is 4. The predicted octanol–water partition coefficient (Wildman–Crippen LogP) is 3.63. The Hall–Kier alpha value is -0.770. The molecule has 3 rings (SSSR count). The third-order valence-electron chi connectivity index (χ3n) is 6.56. The highest BCUT2D eigenvalue weighted by Gasteiger charge is 2.35. The molecule has 0 radical (unpaired) electrons. The van der Waals surface area contributed by atoms with Crippen molar-refractivity contribution in [3.05, 3.63) is 0 Å². The smallest absolute Gasteiger partial charge is 0.410 e. The van der Waals surface area contributed by atoms with E-state index in [1.165, 1.54) is 32.4 Å². The molecule has 1 saturated carbocycles.